The lowest BCUT2D eigenvalue weighted by Crippen LogP contribution is -2.13. The van der Waals surface area contributed by atoms with Crippen LogP contribution in [0.3, 0.4) is 0 Å². The Hall–Kier alpha value is -1.53. The number of hydrogen-bond donors (Lipinski definition) is 1. The van der Waals surface area contributed by atoms with Crippen molar-refractivity contribution in [2.24, 2.45) is 5.73 Å². The Labute approximate surface area is 103 Å². The van der Waals surface area contributed by atoms with E-state index in [1.165, 1.54) is 0 Å². The van der Waals surface area contributed by atoms with Crippen LogP contribution in [0.25, 0.3) is 0 Å². The first-order valence-corrected chi connectivity index (χ1v) is 5.80. The highest BCUT2D eigenvalue weighted by Gasteiger charge is 2.15. The Balaban J connectivity index is 3.14. The van der Waals surface area contributed by atoms with Gasteiger partial charge in [0.1, 0.15) is 5.75 Å². The lowest BCUT2D eigenvalue weighted by atomic mass is 9.92. The molecule has 0 aromatic heterocycles. The van der Waals surface area contributed by atoms with Gasteiger partial charge >= 0.3 is 0 Å². The summed E-state index contributed by atoms with van der Waals surface area (Å²) >= 11 is 0. The molecule has 3 heteroatoms. The number of rotatable bonds is 4. The third-order valence-corrected chi connectivity index (χ3v) is 3.24. The van der Waals surface area contributed by atoms with E-state index in [0.29, 0.717) is 12.8 Å². The van der Waals surface area contributed by atoms with Crippen molar-refractivity contribution in [1.29, 1.82) is 5.26 Å². The van der Waals surface area contributed by atoms with Crippen LogP contribution in [0.4, 0.5) is 0 Å². The van der Waals surface area contributed by atoms with E-state index in [-0.39, 0.29) is 6.04 Å². The number of ether oxygens (including phenoxy) is 1. The van der Waals surface area contributed by atoms with Crippen LogP contribution < -0.4 is 10.5 Å². The van der Waals surface area contributed by atoms with E-state index in [4.69, 9.17) is 15.7 Å². The normalized spacial score (nSPS) is 12.0. The second-order valence-corrected chi connectivity index (χ2v) is 4.37. The largest absolute Gasteiger partial charge is 0.496 e. The van der Waals surface area contributed by atoms with Gasteiger partial charge in [-0.1, -0.05) is 6.07 Å². The molecule has 0 bridgehead atoms. The van der Waals surface area contributed by atoms with Crippen LogP contribution in [0.5, 0.6) is 5.75 Å². The summed E-state index contributed by atoms with van der Waals surface area (Å²) in [6.45, 7) is 6.12. The molecule has 3 nitrogen and oxygen atoms in total. The number of nitrogens with two attached hydrogens (primary N) is 1. The van der Waals surface area contributed by atoms with E-state index >= 15 is 0 Å². The fourth-order valence-electron chi connectivity index (χ4n) is 2.16. The third-order valence-electron chi connectivity index (χ3n) is 3.24. The topological polar surface area (TPSA) is 59.0 Å². The van der Waals surface area contributed by atoms with Gasteiger partial charge in [0.25, 0.3) is 0 Å². The molecule has 17 heavy (non-hydrogen) atoms. The van der Waals surface area contributed by atoms with Gasteiger partial charge in [-0.15, -0.1) is 0 Å². The van der Waals surface area contributed by atoms with Gasteiger partial charge in [0.2, 0.25) is 0 Å². The van der Waals surface area contributed by atoms with E-state index in [2.05, 4.69) is 19.1 Å². The van der Waals surface area contributed by atoms with E-state index in [1.54, 1.807) is 7.11 Å². The molecule has 0 fully saturated rings. The SMILES string of the molecule is COc1c(C)cc(C(N)CCC#N)c(C)c1C. The molecule has 1 atom stereocenters. The van der Waals surface area contributed by atoms with Crippen LogP contribution in [-0.2, 0) is 0 Å². The molecule has 1 unspecified atom stereocenters. The maximum atomic E-state index is 8.60. The Morgan fingerprint density at radius 2 is 2.00 bits per heavy atom. The highest BCUT2D eigenvalue weighted by atomic mass is 16.5. The van der Waals surface area contributed by atoms with Gasteiger partial charge in [-0.2, -0.15) is 5.26 Å². The van der Waals surface area contributed by atoms with Crippen LogP contribution in [0.15, 0.2) is 6.07 Å². The zero-order chi connectivity index (χ0) is 13.0. The molecular weight excluding hydrogens is 212 g/mol. The number of methoxy groups -OCH3 is 1. The summed E-state index contributed by atoms with van der Waals surface area (Å²) in [5.74, 6) is 0.929. The zero-order valence-corrected chi connectivity index (χ0v) is 11.0. The predicted molar refractivity (Wildman–Crippen MR) is 69.0 cm³/mol. The van der Waals surface area contributed by atoms with Crippen molar-refractivity contribution in [2.45, 2.75) is 39.7 Å². The van der Waals surface area contributed by atoms with Crippen LogP contribution in [0.1, 0.15) is 41.1 Å². The number of nitrogens with zero attached hydrogens (tertiary/aromatic N) is 1. The van der Waals surface area contributed by atoms with Crippen molar-refractivity contribution in [2.75, 3.05) is 7.11 Å². The van der Waals surface area contributed by atoms with Crippen LogP contribution in [0, 0.1) is 32.1 Å². The average Bonchev–Trinajstić information content (AvgIpc) is 2.31. The summed E-state index contributed by atoms with van der Waals surface area (Å²) in [6, 6.07) is 4.14. The van der Waals surface area contributed by atoms with Gasteiger partial charge in [0.05, 0.1) is 13.2 Å². The number of aryl methyl sites for hydroxylation is 1. The summed E-state index contributed by atoms with van der Waals surface area (Å²) < 4.78 is 5.38. The summed E-state index contributed by atoms with van der Waals surface area (Å²) in [7, 11) is 1.68. The van der Waals surface area contributed by atoms with Gasteiger partial charge in [-0.05, 0) is 49.4 Å². The minimum absolute atomic E-state index is 0.0713. The Morgan fingerprint density at radius 3 is 2.53 bits per heavy atom. The van der Waals surface area contributed by atoms with Crippen molar-refractivity contribution in [1.82, 2.24) is 0 Å². The highest BCUT2D eigenvalue weighted by molar-refractivity contribution is 5.49. The van der Waals surface area contributed by atoms with Crippen LogP contribution in [-0.4, -0.2) is 7.11 Å². The number of benzene rings is 1. The quantitative estimate of drug-likeness (QED) is 0.868. The highest BCUT2D eigenvalue weighted by Crippen LogP contribution is 2.31. The number of hydrogen-bond acceptors (Lipinski definition) is 3. The molecular formula is C14H20N2O. The molecule has 0 saturated heterocycles. The third kappa shape index (κ3) is 2.78. The fraction of sp³-hybridized carbons (Fsp3) is 0.500. The molecule has 0 amide bonds. The molecule has 1 aromatic rings. The molecule has 0 saturated carbocycles. The van der Waals surface area contributed by atoms with Gasteiger partial charge in [-0.3, -0.25) is 0 Å². The lowest BCUT2D eigenvalue weighted by molar-refractivity contribution is 0.407. The van der Waals surface area contributed by atoms with Crippen molar-refractivity contribution >= 4 is 0 Å². The standard InChI is InChI=1S/C14H20N2O/c1-9-8-12(13(16)6-5-7-15)10(2)11(3)14(9)17-4/h8,13H,5-6,16H2,1-4H3. The van der Waals surface area contributed by atoms with Crippen molar-refractivity contribution < 1.29 is 4.74 Å². The summed E-state index contributed by atoms with van der Waals surface area (Å²) in [6.07, 6.45) is 1.19. The van der Waals surface area contributed by atoms with Crippen molar-refractivity contribution in [3.8, 4) is 11.8 Å². The number of nitriles is 1. The maximum absolute atomic E-state index is 8.60. The molecule has 0 heterocycles. The predicted octanol–water partition coefficient (Wildman–Crippen LogP) is 2.92. The van der Waals surface area contributed by atoms with Gasteiger partial charge < -0.3 is 10.5 Å². The van der Waals surface area contributed by atoms with Crippen molar-refractivity contribution in [3.05, 3.63) is 28.3 Å². The van der Waals surface area contributed by atoms with E-state index in [9.17, 15) is 0 Å². The monoisotopic (exact) mass is 232 g/mol. The summed E-state index contributed by atoms with van der Waals surface area (Å²) in [5, 5.41) is 8.60. The molecule has 0 spiro atoms. The van der Waals surface area contributed by atoms with E-state index in [0.717, 1.165) is 28.0 Å². The second kappa shape index (κ2) is 5.70. The van der Waals surface area contributed by atoms with Crippen LogP contribution >= 0.6 is 0 Å². The first-order chi connectivity index (χ1) is 8.02. The molecule has 2 N–H and O–H groups in total. The minimum atomic E-state index is -0.0713. The minimum Gasteiger partial charge on any atom is -0.496 e. The second-order valence-electron chi connectivity index (χ2n) is 4.37. The molecule has 1 rings (SSSR count). The molecule has 0 aliphatic carbocycles. The van der Waals surface area contributed by atoms with Crippen LogP contribution in [0.2, 0.25) is 0 Å². The molecule has 1 aromatic carbocycles. The molecule has 92 valence electrons. The maximum Gasteiger partial charge on any atom is 0.124 e. The molecule has 0 radical (unpaired) electrons. The zero-order valence-electron chi connectivity index (χ0n) is 11.0. The van der Waals surface area contributed by atoms with Gasteiger partial charge in [-0.25, -0.2) is 0 Å². The summed E-state index contributed by atoms with van der Waals surface area (Å²) in [5.41, 5.74) is 10.6. The first-order valence-electron chi connectivity index (χ1n) is 5.80. The van der Waals surface area contributed by atoms with E-state index < -0.39 is 0 Å². The molecule has 0 aliphatic rings. The Bertz CT molecular complexity index is 447. The lowest BCUT2D eigenvalue weighted by Gasteiger charge is -2.19. The van der Waals surface area contributed by atoms with E-state index in [1.807, 2.05) is 13.8 Å². The fourth-order valence-corrected chi connectivity index (χ4v) is 2.16. The average molecular weight is 232 g/mol. The summed E-state index contributed by atoms with van der Waals surface area (Å²) in [4.78, 5) is 0. The van der Waals surface area contributed by atoms with Crippen molar-refractivity contribution in [3.63, 3.8) is 0 Å². The molecule has 0 aliphatic heterocycles. The first kappa shape index (κ1) is 13.5. The smallest absolute Gasteiger partial charge is 0.124 e. The van der Waals surface area contributed by atoms with Gasteiger partial charge in [0.15, 0.2) is 0 Å². The Morgan fingerprint density at radius 1 is 1.35 bits per heavy atom. The Kier molecular flexibility index (Phi) is 4.53. The van der Waals surface area contributed by atoms with Gasteiger partial charge in [0, 0.05) is 12.5 Å².